The molecule has 6 heteroatoms. The molecule has 0 aliphatic heterocycles. The quantitative estimate of drug-likeness (QED) is 0.714. The Morgan fingerprint density at radius 1 is 1.29 bits per heavy atom. The topological polar surface area (TPSA) is 27.6 Å². The van der Waals surface area contributed by atoms with Gasteiger partial charge in [0, 0.05) is 0 Å². The molecule has 0 saturated carbocycles. The van der Waals surface area contributed by atoms with Crippen molar-refractivity contribution in [1.82, 2.24) is 0 Å². The Morgan fingerprint density at radius 2 is 1.86 bits per heavy atom. The second-order valence-electron chi connectivity index (χ2n) is 2.64. The van der Waals surface area contributed by atoms with Gasteiger partial charge in [0.25, 0.3) is 0 Å². The highest BCUT2D eigenvalue weighted by atomic mass is 35.5. The zero-order chi connectivity index (χ0) is 10.9. The summed E-state index contributed by atoms with van der Waals surface area (Å²) in [7, 11) is 0. The molecule has 0 fully saturated rings. The van der Waals surface area contributed by atoms with E-state index in [9.17, 15) is 17.6 Å². The number of rotatable bonds is 1. The van der Waals surface area contributed by atoms with E-state index < -0.39 is 23.1 Å². The molecule has 0 bridgehead atoms. The van der Waals surface area contributed by atoms with Gasteiger partial charge in [0.2, 0.25) is 0 Å². The van der Waals surface area contributed by atoms with E-state index in [1.807, 2.05) is 0 Å². The predicted molar refractivity (Wildman–Crippen MR) is 43.0 cm³/mol. The molecule has 1 rings (SSSR count). The second-order valence-corrected chi connectivity index (χ2v) is 3.04. The maximum Gasteiger partial charge on any atom is 0.417 e. The standard InChI is InChI=1S/C8H6ClF4N/c9-6-2-1-5(8(11,12)13)4(3-14)7(6)10/h1-2H,3,14H2/p+1. The minimum Gasteiger partial charge on any atom is -0.354 e. The van der Waals surface area contributed by atoms with Crippen LogP contribution in [0, 0.1) is 5.82 Å². The van der Waals surface area contributed by atoms with Gasteiger partial charge >= 0.3 is 6.18 Å². The Morgan fingerprint density at radius 3 is 2.29 bits per heavy atom. The summed E-state index contributed by atoms with van der Waals surface area (Å²) in [5.41, 5.74) is 1.72. The van der Waals surface area contributed by atoms with E-state index in [-0.39, 0.29) is 11.6 Å². The smallest absolute Gasteiger partial charge is 0.354 e. The predicted octanol–water partition coefficient (Wildman–Crippen LogP) is 2.24. The largest absolute Gasteiger partial charge is 0.417 e. The van der Waals surface area contributed by atoms with Crippen molar-refractivity contribution in [3.63, 3.8) is 0 Å². The molecule has 0 radical (unpaired) electrons. The zero-order valence-electron chi connectivity index (χ0n) is 6.96. The molecule has 1 aromatic rings. The van der Waals surface area contributed by atoms with Gasteiger partial charge in [0.05, 0.1) is 16.1 Å². The van der Waals surface area contributed by atoms with Crippen LogP contribution < -0.4 is 5.73 Å². The van der Waals surface area contributed by atoms with Gasteiger partial charge in [0.1, 0.15) is 6.54 Å². The van der Waals surface area contributed by atoms with E-state index in [4.69, 9.17) is 11.6 Å². The normalized spacial score (nSPS) is 11.9. The third kappa shape index (κ3) is 1.99. The molecule has 0 heterocycles. The first-order valence-electron chi connectivity index (χ1n) is 3.71. The molecule has 14 heavy (non-hydrogen) atoms. The molecule has 1 aromatic carbocycles. The van der Waals surface area contributed by atoms with Gasteiger partial charge in [-0.1, -0.05) is 11.6 Å². The first-order valence-corrected chi connectivity index (χ1v) is 4.09. The van der Waals surface area contributed by atoms with Gasteiger partial charge in [-0.2, -0.15) is 13.2 Å². The summed E-state index contributed by atoms with van der Waals surface area (Å²) in [6, 6.07) is 1.64. The van der Waals surface area contributed by atoms with Crippen LogP contribution in [0.1, 0.15) is 11.1 Å². The van der Waals surface area contributed by atoms with Crippen molar-refractivity contribution in [3.05, 3.63) is 34.1 Å². The van der Waals surface area contributed by atoms with Gasteiger partial charge in [0.15, 0.2) is 5.82 Å². The number of hydrogen-bond acceptors (Lipinski definition) is 0. The molecule has 0 amide bonds. The van der Waals surface area contributed by atoms with E-state index in [0.29, 0.717) is 0 Å². The molecular formula is C8H7ClF4N+. The first kappa shape index (κ1) is 11.3. The average molecular weight is 229 g/mol. The number of hydrogen-bond donors (Lipinski definition) is 1. The molecular weight excluding hydrogens is 222 g/mol. The van der Waals surface area contributed by atoms with Crippen LogP contribution in [0.25, 0.3) is 0 Å². The lowest BCUT2D eigenvalue weighted by Crippen LogP contribution is -2.48. The van der Waals surface area contributed by atoms with E-state index in [2.05, 4.69) is 5.73 Å². The summed E-state index contributed by atoms with van der Waals surface area (Å²) in [5, 5.41) is -0.323. The molecule has 0 aromatic heterocycles. The van der Waals surface area contributed by atoms with E-state index in [0.717, 1.165) is 12.1 Å². The van der Waals surface area contributed by atoms with Crippen LogP contribution in [-0.4, -0.2) is 0 Å². The lowest BCUT2D eigenvalue weighted by Gasteiger charge is -2.11. The monoisotopic (exact) mass is 228 g/mol. The van der Waals surface area contributed by atoms with Crippen molar-refractivity contribution in [2.24, 2.45) is 0 Å². The van der Waals surface area contributed by atoms with Gasteiger partial charge in [-0.15, -0.1) is 0 Å². The Labute approximate surface area is 82.5 Å². The van der Waals surface area contributed by atoms with Crippen LogP contribution >= 0.6 is 11.6 Å². The molecule has 0 spiro atoms. The molecule has 0 aliphatic rings. The SMILES string of the molecule is [NH3+]Cc1c(C(F)(F)F)ccc(Cl)c1F. The van der Waals surface area contributed by atoms with Crippen molar-refractivity contribution in [2.45, 2.75) is 12.7 Å². The van der Waals surface area contributed by atoms with Gasteiger partial charge in [-0.25, -0.2) is 4.39 Å². The van der Waals surface area contributed by atoms with Crippen molar-refractivity contribution >= 4 is 11.6 Å². The number of alkyl halides is 3. The highest BCUT2D eigenvalue weighted by molar-refractivity contribution is 6.30. The summed E-state index contributed by atoms with van der Waals surface area (Å²) in [5.74, 6) is -1.04. The Bertz CT molecular complexity index is 348. The second kappa shape index (κ2) is 3.74. The first-order chi connectivity index (χ1) is 6.38. The number of halogens is 5. The third-order valence-electron chi connectivity index (χ3n) is 1.75. The van der Waals surface area contributed by atoms with Crippen LogP contribution in [-0.2, 0) is 12.7 Å². The van der Waals surface area contributed by atoms with Crippen LogP contribution in [0.3, 0.4) is 0 Å². The maximum atomic E-state index is 13.1. The third-order valence-corrected chi connectivity index (χ3v) is 2.04. The summed E-state index contributed by atoms with van der Waals surface area (Å²) < 4.78 is 50.0. The lowest BCUT2D eigenvalue weighted by molar-refractivity contribution is -0.387. The minimum atomic E-state index is -4.57. The molecule has 0 aliphatic carbocycles. The summed E-state index contributed by atoms with van der Waals surface area (Å²) >= 11 is 5.34. The Kier molecular flexibility index (Phi) is 3.01. The Hall–Kier alpha value is -0.810. The molecule has 3 N–H and O–H groups in total. The molecule has 0 atom stereocenters. The number of benzene rings is 1. The zero-order valence-corrected chi connectivity index (χ0v) is 7.71. The van der Waals surface area contributed by atoms with Crippen LogP contribution in [0.15, 0.2) is 12.1 Å². The Balaban J connectivity index is 3.39. The maximum absolute atomic E-state index is 13.1. The van der Waals surface area contributed by atoms with Crippen LogP contribution in [0.5, 0.6) is 0 Å². The summed E-state index contributed by atoms with van der Waals surface area (Å²) in [4.78, 5) is 0. The van der Waals surface area contributed by atoms with Crippen molar-refractivity contribution in [1.29, 1.82) is 0 Å². The summed E-state index contributed by atoms with van der Waals surface area (Å²) in [6.07, 6.45) is -4.57. The summed E-state index contributed by atoms with van der Waals surface area (Å²) in [6.45, 7) is -0.290. The van der Waals surface area contributed by atoms with Gasteiger partial charge in [-0.3, -0.25) is 0 Å². The van der Waals surface area contributed by atoms with Crippen LogP contribution in [0.4, 0.5) is 17.6 Å². The van der Waals surface area contributed by atoms with Crippen LogP contribution in [0.2, 0.25) is 5.02 Å². The molecule has 0 unspecified atom stereocenters. The van der Waals surface area contributed by atoms with E-state index in [1.54, 1.807) is 0 Å². The van der Waals surface area contributed by atoms with Gasteiger partial charge in [-0.05, 0) is 12.1 Å². The highest BCUT2D eigenvalue weighted by Gasteiger charge is 2.35. The van der Waals surface area contributed by atoms with E-state index >= 15 is 0 Å². The molecule has 78 valence electrons. The highest BCUT2D eigenvalue weighted by Crippen LogP contribution is 2.34. The van der Waals surface area contributed by atoms with Crippen molar-refractivity contribution < 1.29 is 23.3 Å². The lowest BCUT2D eigenvalue weighted by atomic mass is 10.1. The van der Waals surface area contributed by atoms with Gasteiger partial charge < -0.3 is 5.73 Å². The fourth-order valence-electron chi connectivity index (χ4n) is 1.10. The van der Waals surface area contributed by atoms with Crippen molar-refractivity contribution in [3.8, 4) is 0 Å². The fraction of sp³-hybridized carbons (Fsp3) is 0.250. The molecule has 1 nitrogen and oxygen atoms in total. The average Bonchev–Trinajstić information content (AvgIpc) is 2.07. The fourth-order valence-corrected chi connectivity index (χ4v) is 1.28. The van der Waals surface area contributed by atoms with E-state index in [1.165, 1.54) is 0 Å². The minimum absolute atomic E-state index is 0.290. The molecule has 0 saturated heterocycles. The number of quaternary nitrogens is 1. The van der Waals surface area contributed by atoms with Crippen molar-refractivity contribution in [2.75, 3.05) is 0 Å².